The predicted molar refractivity (Wildman–Crippen MR) is 99.3 cm³/mol. The van der Waals surface area contributed by atoms with E-state index in [1.165, 1.54) is 28.1 Å². The van der Waals surface area contributed by atoms with Gasteiger partial charge in [-0.05, 0) is 41.3 Å². The Bertz CT molecular complexity index is 872. The van der Waals surface area contributed by atoms with Crippen molar-refractivity contribution in [3.8, 4) is 0 Å². The van der Waals surface area contributed by atoms with Crippen LogP contribution in [0.15, 0.2) is 78.9 Å². The lowest BCUT2D eigenvalue weighted by molar-refractivity contribution is 0.520. The Labute approximate surface area is 143 Å². The molecule has 0 fully saturated rings. The van der Waals surface area contributed by atoms with Crippen LogP contribution >= 0.6 is 0 Å². The van der Waals surface area contributed by atoms with E-state index in [0.717, 1.165) is 19.5 Å². The molecule has 2 aliphatic heterocycles. The van der Waals surface area contributed by atoms with Crippen molar-refractivity contribution in [2.24, 2.45) is 0 Å². The van der Waals surface area contributed by atoms with Gasteiger partial charge in [-0.15, -0.1) is 0 Å². The van der Waals surface area contributed by atoms with Crippen molar-refractivity contribution >= 4 is 11.4 Å². The maximum Gasteiger partial charge on any atom is 0.129 e. The fourth-order valence-electron chi connectivity index (χ4n) is 4.18. The summed E-state index contributed by atoms with van der Waals surface area (Å²) in [6.07, 6.45) is 1.40. The second-order valence-corrected chi connectivity index (χ2v) is 6.61. The molecule has 0 saturated heterocycles. The minimum atomic E-state index is 0.284. The van der Waals surface area contributed by atoms with Gasteiger partial charge in [-0.3, -0.25) is 0 Å². The zero-order valence-electron chi connectivity index (χ0n) is 13.6. The lowest BCUT2D eigenvalue weighted by Gasteiger charge is -2.50. The van der Waals surface area contributed by atoms with E-state index in [2.05, 4.69) is 88.7 Å². The van der Waals surface area contributed by atoms with Crippen molar-refractivity contribution in [2.75, 3.05) is 16.3 Å². The summed E-state index contributed by atoms with van der Waals surface area (Å²) in [5, 5.41) is 0. The SMILES string of the molecule is c1ccc(N2Cc3ccccc3N3CCc4ccccc4C23)cc1. The molecule has 0 saturated carbocycles. The molecule has 2 nitrogen and oxygen atoms in total. The summed E-state index contributed by atoms with van der Waals surface area (Å²) in [6.45, 7) is 2.03. The van der Waals surface area contributed by atoms with E-state index >= 15 is 0 Å². The van der Waals surface area contributed by atoms with E-state index in [1.807, 2.05) is 0 Å². The summed E-state index contributed by atoms with van der Waals surface area (Å²) in [5.74, 6) is 0. The van der Waals surface area contributed by atoms with Crippen LogP contribution in [-0.2, 0) is 13.0 Å². The summed E-state index contributed by atoms with van der Waals surface area (Å²) in [7, 11) is 0. The van der Waals surface area contributed by atoms with Crippen LogP contribution < -0.4 is 9.80 Å². The van der Waals surface area contributed by atoms with E-state index in [9.17, 15) is 0 Å². The van der Waals surface area contributed by atoms with Crippen molar-refractivity contribution in [1.29, 1.82) is 0 Å². The monoisotopic (exact) mass is 312 g/mol. The third-order valence-corrected chi connectivity index (χ3v) is 5.28. The highest BCUT2D eigenvalue weighted by molar-refractivity contribution is 5.65. The molecule has 1 atom stereocenters. The van der Waals surface area contributed by atoms with Crippen LogP contribution in [-0.4, -0.2) is 6.54 Å². The number of benzene rings is 3. The van der Waals surface area contributed by atoms with Crippen LogP contribution in [0, 0.1) is 0 Å². The minimum Gasteiger partial charge on any atom is -0.347 e. The molecule has 118 valence electrons. The van der Waals surface area contributed by atoms with Crippen molar-refractivity contribution in [3.05, 3.63) is 95.6 Å². The minimum absolute atomic E-state index is 0.284. The van der Waals surface area contributed by atoms with Gasteiger partial charge in [0.2, 0.25) is 0 Å². The van der Waals surface area contributed by atoms with Gasteiger partial charge in [0, 0.05) is 24.5 Å². The van der Waals surface area contributed by atoms with Gasteiger partial charge in [0.1, 0.15) is 6.17 Å². The normalized spacial score (nSPS) is 18.6. The number of nitrogens with zero attached hydrogens (tertiary/aromatic N) is 2. The summed E-state index contributed by atoms with van der Waals surface area (Å²) < 4.78 is 0. The molecule has 2 aliphatic rings. The van der Waals surface area contributed by atoms with Crippen molar-refractivity contribution in [1.82, 2.24) is 0 Å². The maximum absolute atomic E-state index is 2.58. The number of fused-ring (bicyclic) bond motifs is 5. The Hall–Kier alpha value is -2.74. The molecular formula is C22H20N2. The first-order valence-corrected chi connectivity index (χ1v) is 8.66. The first-order valence-electron chi connectivity index (χ1n) is 8.66. The molecule has 0 aromatic heterocycles. The van der Waals surface area contributed by atoms with Gasteiger partial charge < -0.3 is 9.80 Å². The topological polar surface area (TPSA) is 6.48 Å². The zero-order valence-corrected chi connectivity index (χ0v) is 13.6. The molecule has 0 N–H and O–H groups in total. The van der Waals surface area contributed by atoms with Crippen LogP contribution in [0.4, 0.5) is 11.4 Å². The molecule has 0 amide bonds. The number of hydrogen-bond acceptors (Lipinski definition) is 2. The summed E-state index contributed by atoms with van der Waals surface area (Å²) in [5.41, 5.74) is 7.03. The Kier molecular flexibility index (Phi) is 3.08. The Morgan fingerprint density at radius 3 is 2.25 bits per heavy atom. The first kappa shape index (κ1) is 13.7. The fraction of sp³-hybridized carbons (Fsp3) is 0.182. The lowest BCUT2D eigenvalue weighted by atomic mass is 9.92. The second kappa shape index (κ2) is 5.41. The van der Waals surface area contributed by atoms with Gasteiger partial charge in [-0.1, -0.05) is 60.7 Å². The maximum atomic E-state index is 2.58. The zero-order chi connectivity index (χ0) is 15.9. The molecule has 2 heteroatoms. The number of para-hydroxylation sites is 2. The van der Waals surface area contributed by atoms with Crippen LogP contribution in [0.3, 0.4) is 0 Å². The predicted octanol–water partition coefficient (Wildman–Crippen LogP) is 4.77. The molecule has 0 bridgehead atoms. The van der Waals surface area contributed by atoms with Gasteiger partial charge >= 0.3 is 0 Å². The van der Waals surface area contributed by atoms with Crippen LogP contribution in [0.2, 0.25) is 0 Å². The Balaban J connectivity index is 1.71. The second-order valence-electron chi connectivity index (χ2n) is 6.61. The van der Waals surface area contributed by atoms with E-state index in [1.54, 1.807) is 0 Å². The molecular weight excluding hydrogens is 292 g/mol. The Morgan fingerprint density at radius 1 is 0.667 bits per heavy atom. The quantitative estimate of drug-likeness (QED) is 0.639. The summed E-state index contributed by atoms with van der Waals surface area (Å²) >= 11 is 0. The third kappa shape index (κ3) is 2.03. The molecule has 0 spiro atoms. The molecule has 24 heavy (non-hydrogen) atoms. The fourth-order valence-corrected chi connectivity index (χ4v) is 4.18. The van der Waals surface area contributed by atoms with E-state index in [-0.39, 0.29) is 6.17 Å². The smallest absolute Gasteiger partial charge is 0.129 e. The van der Waals surface area contributed by atoms with E-state index in [4.69, 9.17) is 0 Å². The lowest BCUT2D eigenvalue weighted by Crippen LogP contribution is -2.49. The number of rotatable bonds is 1. The largest absolute Gasteiger partial charge is 0.347 e. The molecule has 0 aliphatic carbocycles. The molecule has 2 heterocycles. The highest BCUT2D eigenvalue weighted by Gasteiger charge is 2.36. The highest BCUT2D eigenvalue weighted by Crippen LogP contribution is 2.44. The average molecular weight is 312 g/mol. The van der Waals surface area contributed by atoms with Crippen LogP contribution in [0.5, 0.6) is 0 Å². The van der Waals surface area contributed by atoms with Crippen molar-refractivity contribution in [2.45, 2.75) is 19.1 Å². The van der Waals surface area contributed by atoms with E-state index < -0.39 is 0 Å². The molecule has 3 aromatic rings. The van der Waals surface area contributed by atoms with Crippen LogP contribution in [0.1, 0.15) is 22.9 Å². The standard InChI is InChI=1S/C22H20N2/c1-2-10-19(11-3-1)24-16-18-9-5-7-13-21(18)23-15-14-17-8-4-6-12-20(17)22(23)24/h1-13,22H,14-16H2. The molecule has 1 unspecified atom stereocenters. The van der Waals surface area contributed by atoms with Gasteiger partial charge in [-0.25, -0.2) is 0 Å². The van der Waals surface area contributed by atoms with Gasteiger partial charge in [-0.2, -0.15) is 0 Å². The molecule has 3 aromatic carbocycles. The van der Waals surface area contributed by atoms with Gasteiger partial charge in [0.15, 0.2) is 0 Å². The van der Waals surface area contributed by atoms with Gasteiger partial charge in [0.25, 0.3) is 0 Å². The number of hydrogen-bond donors (Lipinski definition) is 0. The summed E-state index contributed by atoms with van der Waals surface area (Å²) in [4.78, 5) is 5.12. The van der Waals surface area contributed by atoms with Crippen molar-refractivity contribution < 1.29 is 0 Å². The first-order chi connectivity index (χ1) is 11.9. The number of anilines is 2. The molecule has 0 radical (unpaired) electrons. The third-order valence-electron chi connectivity index (χ3n) is 5.28. The van der Waals surface area contributed by atoms with Gasteiger partial charge in [0.05, 0.1) is 0 Å². The van der Waals surface area contributed by atoms with Crippen LogP contribution in [0.25, 0.3) is 0 Å². The molecule has 5 rings (SSSR count). The Morgan fingerprint density at radius 2 is 1.38 bits per heavy atom. The average Bonchev–Trinajstić information content (AvgIpc) is 2.67. The highest BCUT2D eigenvalue weighted by atomic mass is 15.4. The summed E-state index contributed by atoms with van der Waals surface area (Å²) in [6, 6.07) is 28.6. The van der Waals surface area contributed by atoms with E-state index in [0.29, 0.717) is 0 Å². The van der Waals surface area contributed by atoms with Crippen molar-refractivity contribution in [3.63, 3.8) is 0 Å².